The molecule has 1 saturated heterocycles. The van der Waals surface area contributed by atoms with Gasteiger partial charge in [0.1, 0.15) is 0 Å². The number of hydrogen-bond donors (Lipinski definition) is 0. The summed E-state index contributed by atoms with van der Waals surface area (Å²) in [6, 6.07) is 20.7. The van der Waals surface area contributed by atoms with Crippen LogP contribution in [0.2, 0.25) is 0 Å². The van der Waals surface area contributed by atoms with Gasteiger partial charge in [0.05, 0.1) is 12.3 Å². The molecule has 1 fully saturated rings. The predicted octanol–water partition coefficient (Wildman–Crippen LogP) is 5.20. The molecular weight excluding hydrogens is 507 g/mol. The zero-order chi connectivity index (χ0) is 27.9. The Bertz CT molecular complexity index is 1300. The van der Waals surface area contributed by atoms with Gasteiger partial charge in [-0.1, -0.05) is 36.4 Å². The second-order valence-corrected chi connectivity index (χ2v) is 10.6. The van der Waals surface area contributed by atoms with E-state index in [2.05, 4.69) is 9.88 Å². The summed E-state index contributed by atoms with van der Waals surface area (Å²) >= 11 is 0. The van der Waals surface area contributed by atoms with E-state index in [0.29, 0.717) is 45.1 Å². The molecule has 3 heterocycles. The summed E-state index contributed by atoms with van der Waals surface area (Å²) in [6.07, 6.45) is 5.46. The topological polar surface area (TPSA) is 66.0 Å². The predicted molar refractivity (Wildman–Crippen MR) is 152 cm³/mol. The van der Waals surface area contributed by atoms with E-state index in [1.54, 1.807) is 25.1 Å². The Balaban J connectivity index is 1.37. The van der Waals surface area contributed by atoms with Crippen molar-refractivity contribution in [1.29, 1.82) is 0 Å². The molecule has 2 aliphatic rings. The lowest BCUT2D eigenvalue weighted by Gasteiger charge is -2.33. The molecule has 2 aromatic carbocycles. The number of carbonyl (C=O) groups excluding carboxylic acids is 2. The molecule has 2 aliphatic heterocycles. The van der Waals surface area contributed by atoms with Crippen LogP contribution >= 0.6 is 0 Å². The Morgan fingerprint density at radius 2 is 1.75 bits per heavy atom. The van der Waals surface area contributed by atoms with Crippen LogP contribution in [0.3, 0.4) is 0 Å². The maximum atomic E-state index is 13.9. The molecule has 8 heteroatoms. The highest BCUT2D eigenvalue weighted by Crippen LogP contribution is 2.32. The van der Waals surface area contributed by atoms with Crippen LogP contribution in [0.25, 0.3) is 0 Å². The molecule has 7 nitrogen and oxygen atoms in total. The zero-order valence-corrected chi connectivity index (χ0v) is 23.0. The van der Waals surface area contributed by atoms with Crippen LogP contribution in [0.15, 0.2) is 72.9 Å². The van der Waals surface area contributed by atoms with Gasteiger partial charge in [0, 0.05) is 63.5 Å². The minimum atomic E-state index is -0.406. The summed E-state index contributed by atoms with van der Waals surface area (Å²) in [5.41, 5.74) is 2.83. The van der Waals surface area contributed by atoms with E-state index in [-0.39, 0.29) is 30.2 Å². The number of ether oxygens (including phenoxy) is 1. The van der Waals surface area contributed by atoms with Gasteiger partial charge < -0.3 is 14.5 Å². The highest BCUT2D eigenvalue weighted by molar-refractivity contribution is 5.92. The Labute approximate surface area is 235 Å². The van der Waals surface area contributed by atoms with E-state index in [9.17, 15) is 14.0 Å². The van der Waals surface area contributed by atoms with Crippen molar-refractivity contribution in [2.24, 2.45) is 0 Å². The first-order chi connectivity index (χ1) is 19.5. The summed E-state index contributed by atoms with van der Waals surface area (Å²) in [6.45, 7) is 4.23. The van der Waals surface area contributed by atoms with Crippen molar-refractivity contribution in [3.8, 4) is 5.75 Å². The lowest BCUT2D eigenvalue weighted by atomic mass is 10.1. The number of fused-ring (bicyclic) bond motifs is 3. The van der Waals surface area contributed by atoms with Gasteiger partial charge in [-0.15, -0.1) is 0 Å². The molecule has 0 unspecified atom stereocenters. The van der Waals surface area contributed by atoms with Gasteiger partial charge in [-0.25, -0.2) is 4.39 Å². The number of hydrogen-bond acceptors (Lipinski definition) is 5. The SMILES string of the molecule is CC(=O)N1CC[C@@H]2CC[C@H](CN(C(=O)CCCOc3ccccc3F)Cc3ccccc31)N2Cc1ccccn1. The van der Waals surface area contributed by atoms with Crippen LogP contribution in [0, 0.1) is 5.82 Å². The fourth-order valence-electron chi connectivity index (χ4n) is 5.93. The molecule has 0 radical (unpaired) electrons. The van der Waals surface area contributed by atoms with Gasteiger partial charge >= 0.3 is 0 Å². The number of rotatable bonds is 7. The van der Waals surface area contributed by atoms with Crippen molar-refractivity contribution in [2.75, 3.05) is 24.6 Å². The molecule has 40 heavy (non-hydrogen) atoms. The quantitative estimate of drug-likeness (QED) is 0.383. The first-order valence-electron chi connectivity index (χ1n) is 14.2. The van der Waals surface area contributed by atoms with E-state index in [4.69, 9.17) is 4.74 Å². The fourth-order valence-corrected chi connectivity index (χ4v) is 5.93. The van der Waals surface area contributed by atoms with Crippen LogP contribution in [0.5, 0.6) is 5.75 Å². The molecule has 5 rings (SSSR count). The Kier molecular flexibility index (Phi) is 9.06. The smallest absolute Gasteiger partial charge is 0.223 e. The summed E-state index contributed by atoms with van der Waals surface area (Å²) < 4.78 is 19.5. The molecule has 3 aromatic rings. The van der Waals surface area contributed by atoms with Gasteiger partial charge in [-0.05, 0) is 61.6 Å². The van der Waals surface area contributed by atoms with E-state index in [1.165, 1.54) is 6.07 Å². The third-order valence-electron chi connectivity index (χ3n) is 7.96. The summed E-state index contributed by atoms with van der Waals surface area (Å²) in [7, 11) is 0. The number of halogens is 1. The lowest BCUT2D eigenvalue weighted by Crippen LogP contribution is -2.45. The van der Waals surface area contributed by atoms with Gasteiger partial charge in [-0.3, -0.25) is 19.5 Å². The molecule has 0 N–H and O–H groups in total. The summed E-state index contributed by atoms with van der Waals surface area (Å²) in [5, 5.41) is 0. The number of amides is 2. The average molecular weight is 545 g/mol. The minimum absolute atomic E-state index is 0.000638. The number of para-hydroxylation sites is 2. The number of pyridine rings is 1. The van der Waals surface area contributed by atoms with Crippen LogP contribution in [-0.2, 0) is 22.7 Å². The van der Waals surface area contributed by atoms with Gasteiger partial charge in [0.2, 0.25) is 11.8 Å². The van der Waals surface area contributed by atoms with Gasteiger partial charge in [0.25, 0.3) is 0 Å². The fraction of sp³-hybridized carbons (Fsp3) is 0.406. The summed E-state index contributed by atoms with van der Waals surface area (Å²) in [4.78, 5) is 37.3. The zero-order valence-electron chi connectivity index (χ0n) is 23.0. The Morgan fingerprint density at radius 3 is 2.55 bits per heavy atom. The van der Waals surface area contributed by atoms with Gasteiger partial charge in [-0.2, -0.15) is 0 Å². The van der Waals surface area contributed by atoms with Gasteiger partial charge in [0.15, 0.2) is 11.6 Å². The maximum absolute atomic E-state index is 13.9. The molecule has 2 atom stereocenters. The van der Waals surface area contributed by atoms with E-state index < -0.39 is 5.82 Å². The summed E-state index contributed by atoms with van der Waals surface area (Å²) in [5.74, 6) is -0.176. The molecule has 2 bridgehead atoms. The molecular formula is C32H37FN4O3. The third kappa shape index (κ3) is 6.67. The van der Waals surface area contributed by atoms with Crippen LogP contribution < -0.4 is 9.64 Å². The van der Waals surface area contributed by atoms with Crippen molar-refractivity contribution in [1.82, 2.24) is 14.8 Å². The number of nitrogens with zero attached hydrogens (tertiary/aromatic N) is 4. The number of carbonyl (C=O) groups is 2. The van der Waals surface area contributed by atoms with Crippen LogP contribution in [-0.4, -0.2) is 58.4 Å². The molecule has 210 valence electrons. The normalized spacial score (nSPS) is 19.6. The number of aromatic nitrogens is 1. The first kappa shape index (κ1) is 27.8. The molecule has 0 spiro atoms. The Morgan fingerprint density at radius 1 is 0.975 bits per heavy atom. The molecule has 0 saturated carbocycles. The van der Waals surface area contributed by atoms with E-state index >= 15 is 0 Å². The van der Waals surface area contributed by atoms with E-state index in [0.717, 1.165) is 36.2 Å². The monoisotopic (exact) mass is 544 g/mol. The van der Waals surface area contributed by atoms with Crippen molar-refractivity contribution in [3.05, 3.63) is 90.0 Å². The average Bonchev–Trinajstić information content (AvgIpc) is 3.31. The first-order valence-corrected chi connectivity index (χ1v) is 14.2. The molecule has 0 aliphatic carbocycles. The maximum Gasteiger partial charge on any atom is 0.223 e. The number of benzene rings is 2. The Hall–Kier alpha value is -3.78. The lowest BCUT2D eigenvalue weighted by molar-refractivity contribution is -0.133. The molecule has 1 aromatic heterocycles. The largest absolute Gasteiger partial charge is 0.491 e. The van der Waals surface area contributed by atoms with Crippen molar-refractivity contribution in [3.63, 3.8) is 0 Å². The van der Waals surface area contributed by atoms with Crippen LogP contribution in [0.4, 0.5) is 10.1 Å². The van der Waals surface area contributed by atoms with Crippen molar-refractivity contribution < 1.29 is 18.7 Å². The van der Waals surface area contributed by atoms with E-state index in [1.807, 2.05) is 58.5 Å². The second-order valence-electron chi connectivity index (χ2n) is 10.6. The molecule has 2 amide bonds. The highest BCUT2D eigenvalue weighted by atomic mass is 19.1. The highest BCUT2D eigenvalue weighted by Gasteiger charge is 2.36. The minimum Gasteiger partial charge on any atom is -0.491 e. The van der Waals surface area contributed by atoms with Crippen molar-refractivity contribution >= 4 is 17.5 Å². The standard InChI is InChI=1S/C32H37FN4O3/c1-24(38)36-19-17-27-15-16-28(37(27)22-26-10-6-7-18-34-26)23-35(21-25-9-2-4-12-30(25)36)32(39)14-8-20-40-31-13-5-3-11-29(31)33/h2-7,9-13,18,27-28H,8,14-17,19-23H2,1H3/t27-,28+/m0/s1. The number of anilines is 1. The third-order valence-corrected chi connectivity index (χ3v) is 7.96. The van der Waals surface area contributed by atoms with Crippen molar-refractivity contribution in [2.45, 2.75) is 64.2 Å². The van der Waals surface area contributed by atoms with Crippen LogP contribution in [0.1, 0.15) is 50.3 Å². The second kappa shape index (κ2) is 13.0.